The van der Waals surface area contributed by atoms with Crippen molar-refractivity contribution >= 4 is 18.6 Å². The lowest BCUT2D eigenvalue weighted by atomic mass is 10.2. The van der Waals surface area contributed by atoms with Crippen LogP contribution in [-0.4, -0.2) is 51.9 Å². The minimum absolute atomic E-state index is 0.201. The largest absolute Gasteiger partial charge is 0.359 e. The molecule has 0 aliphatic carbocycles. The van der Waals surface area contributed by atoms with Crippen LogP contribution in [0.1, 0.15) is 70.6 Å². The van der Waals surface area contributed by atoms with Gasteiger partial charge in [-0.2, -0.15) is 0 Å². The summed E-state index contributed by atoms with van der Waals surface area (Å²) < 4.78 is 3.40. The summed E-state index contributed by atoms with van der Waals surface area (Å²) in [7, 11) is 0. The number of aromatic nitrogens is 3. The highest BCUT2D eigenvalue weighted by molar-refractivity contribution is 5.45. The monoisotopic (exact) mass is 492 g/mol. The Kier molecular flexibility index (Phi) is 16.1. The molecule has 0 aliphatic heterocycles. The van der Waals surface area contributed by atoms with E-state index < -0.39 is 17.1 Å². The second-order valence-electron chi connectivity index (χ2n) is 8.21. The molecule has 0 spiro atoms. The summed E-state index contributed by atoms with van der Waals surface area (Å²) in [4.78, 5) is 76.5. The molecule has 0 bridgehead atoms. The number of carbonyl (C=O) groups excluding carboxylic acids is 3. The smallest absolute Gasteiger partial charge is 0.336 e. The summed E-state index contributed by atoms with van der Waals surface area (Å²) in [6.07, 6.45) is 11.4. The molecule has 12 nitrogen and oxygen atoms in total. The van der Waals surface area contributed by atoms with Gasteiger partial charge in [0.2, 0.25) is 18.6 Å². The van der Waals surface area contributed by atoms with E-state index in [2.05, 4.69) is 15.3 Å². The summed E-state index contributed by atoms with van der Waals surface area (Å²) in [5.41, 5.74) is -1.79. The lowest BCUT2D eigenvalue weighted by molar-refractivity contribution is -0.109. The fourth-order valence-corrected chi connectivity index (χ4v) is 3.71. The van der Waals surface area contributed by atoms with Gasteiger partial charge in [-0.05, 0) is 44.9 Å². The van der Waals surface area contributed by atoms with E-state index >= 15 is 0 Å². The summed E-state index contributed by atoms with van der Waals surface area (Å²) in [5, 5.41) is 2.57. The lowest BCUT2D eigenvalue weighted by Gasteiger charge is -2.14. The van der Waals surface area contributed by atoms with E-state index in [1.54, 1.807) is 0 Å². The maximum absolute atomic E-state index is 13.0. The third-order valence-corrected chi connectivity index (χ3v) is 5.60. The number of hydrogen-bond donors (Lipinski definition) is 1. The minimum Gasteiger partial charge on any atom is -0.359 e. The van der Waals surface area contributed by atoms with Gasteiger partial charge in [0, 0.05) is 26.2 Å². The maximum Gasteiger partial charge on any atom is 0.336 e. The number of aliphatic imine (C=N–C) groups is 2. The lowest BCUT2D eigenvalue weighted by Crippen LogP contribution is -2.54. The molecule has 0 radical (unpaired) electrons. The summed E-state index contributed by atoms with van der Waals surface area (Å²) in [5.74, 6) is 0. The zero-order valence-corrected chi connectivity index (χ0v) is 20.3. The van der Waals surface area contributed by atoms with Gasteiger partial charge in [0.05, 0.1) is 13.1 Å². The van der Waals surface area contributed by atoms with Gasteiger partial charge in [-0.1, -0.05) is 25.7 Å². The number of rotatable bonds is 21. The summed E-state index contributed by atoms with van der Waals surface area (Å²) >= 11 is 0. The van der Waals surface area contributed by atoms with E-state index in [-0.39, 0.29) is 19.6 Å². The molecular weight excluding hydrogens is 456 g/mol. The van der Waals surface area contributed by atoms with Gasteiger partial charge in [-0.3, -0.25) is 4.79 Å². The van der Waals surface area contributed by atoms with Crippen LogP contribution in [0, 0.1) is 0 Å². The topological polar surface area (TPSA) is 154 Å². The number of nitrogens with zero attached hydrogens (tertiary/aromatic N) is 5. The van der Waals surface area contributed by atoms with Crippen molar-refractivity contribution in [1.29, 1.82) is 0 Å². The Balaban J connectivity index is 2.89. The van der Waals surface area contributed by atoms with Crippen LogP contribution in [-0.2, 0) is 34.0 Å². The molecule has 0 aromatic carbocycles. The predicted molar refractivity (Wildman–Crippen MR) is 130 cm³/mol. The zero-order valence-electron chi connectivity index (χ0n) is 20.3. The first kappa shape index (κ1) is 29.7. The second kappa shape index (κ2) is 19.0. The third kappa shape index (κ3) is 11.6. The number of hydrogen-bond acceptors (Lipinski definition) is 8. The van der Waals surface area contributed by atoms with Crippen molar-refractivity contribution in [2.75, 3.05) is 19.6 Å². The van der Waals surface area contributed by atoms with Crippen LogP contribution in [0.3, 0.4) is 0 Å². The Morgan fingerprint density at radius 2 is 0.971 bits per heavy atom. The van der Waals surface area contributed by atoms with E-state index in [4.69, 9.17) is 0 Å². The number of nitrogens with one attached hydrogen (secondary N) is 1. The van der Waals surface area contributed by atoms with Crippen molar-refractivity contribution in [1.82, 2.24) is 19.0 Å². The summed E-state index contributed by atoms with van der Waals surface area (Å²) in [6.45, 7) is 1.96. The molecular formula is C23H36N6O6. The third-order valence-electron chi connectivity index (χ3n) is 5.60. The molecule has 0 fully saturated rings. The van der Waals surface area contributed by atoms with Crippen LogP contribution >= 0.6 is 0 Å². The molecule has 0 saturated heterocycles. The maximum atomic E-state index is 13.0. The van der Waals surface area contributed by atoms with Crippen LogP contribution in [0.2, 0.25) is 0 Å². The molecule has 0 aliphatic rings. The second-order valence-corrected chi connectivity index (χ2v) is 8.21. The Hall–Kier alpha value is -3.36. The Bertz CT molecular complexity index is 962. The van der Waals surface area contributed by atoms with Gasteiger partial charge in [0.15, 0.2) is 0 Å². The van der Waals surface area contributed by atoms with Gasteiger partial charge >= 0.3 is 17.1 Å². The van der Waals surface area contributed by atoms with E-state index in [0.29, 0.717) is 45.3 Å². The highest BCUT2D eigenvalue weighted by Crippen LogP contribution is 2.02. The Labute approximate surface area is 203 Å². The number of isocyanates is 2. The van der Waals surface area contributed by atoms with Gasteiger partial charge in [-0.15, -0.1) is 0 Å². The standard InChI is InChI=1S/C23H36N6O6/c30-18-24-12-6-1-3-9-15-27-21(33)28(16-10-4-2-7-13-25-19-31)23(35)29(22(27)34)17-11-5-8-14-26-20-32/h20H,1-17H2,(H,26,32). The molecule has 0 unspecified atom stereocenters. The van der Waals surface area contributed by atoms with Crippen LogP contribution in [0.4, 0.5) is 0 Å². The molecule has 1 aromatic rings. The molecule has 194 valence electrons. The fraction of sp³-hybridized carbons (Fsp3) is 0.739. The number of amides is 1. The van der Waals surface area contributed by atoms with Crippen LogP contribution in [0.25, 0.3) is 0 Å². The molecule has 12 heteroatoms. The number of carbonyl (C=O) groups is 1. The van der Waals surface area contributed by atoms with Crippen LogP contribution in [0.5, 0.6) is 0 Å². The SMILES string of the molecule is O=C=NCCCCCCn1c(=O)n(CCCCCCN=C=O)c(=O)n(CCCCCNC=O)c1=O. The fourth-order valence-electron chi connectivity index (χ4n) is 3.71. The van der Waals surface area contributed by atoms with Crippen molar-refractivity contribution in [3.63, 3.8) is 0 Å². The molecule has 1 aromatic heterocycles. The van der Waals surface area contributed by atoms with Crippen LogP contribution < -0.4 is 22.4 Å². The van der Waals surface area contributed by atoms with E-state index in [1.807, 2.05) is 0 Å². The van der Waals surface area contributed by atoms with Gasteiger partial charge < -0.3 is 5.32 Å². The predicted octanol–water partition coefficient (Wildman–Crippen LogP) is 0.880. The quantitative estimate of drug-likeness (QED) is 0.116. The van der Waals surface area contributed by atoms with E-state index in [1.165, 1.54) is 12.2 Å². The van der Waals surface area contributed by atoms with Gasteiger partial charge in [-0.25, -0.2) is 47.7 Å². The Morgan fingerprint density at radius 3 is 1.34 bits per heavy atom. The normalized spacial score (nSPS) is 10.4. The molecule has 0 atom stereocenters. The first-order valence-corrected chi connectivity index (χ1v) is 12.3. The molecule has 1 rings (SSSR count). The molecule has 1 amide bonds. The van der Waals surface area contributed by atoms with Crippen molar-refractivity contribution in [2.24, 2.45) is 9.98 Å². The molecule has 0 saturated carbocycles. The highest BCUT2D eigenvalue weighted by Gasteiger charge is 2.15. The average molecular weight is 493 g/mol. The first-order chi connectivity index (χ1) is 17.1. The minimum atomic E-state index is -0.598. The van der Waals surface area contributed by atoms with Crippen molar-refractivity contribution in [2.45, 2.75) is 90.3 Å². The van der Waals surface area contributed by atoms with Gasteiger partial charge in [0.25, 0.3) is 0 Å². The van der Waals surface area contributed by atoms with Crippen molar-refractivity contribution in [3.05, 3.63) is 31.5 Å². The molecule has 35 heavy (non-hydrogen) atoms. The summed E-state index contributed by atoms with van der Waals surface area (Å²) in [6, 6.07) is 0. The Morgan fingerprint density at radius 1 is 0.600 bits per heavy atom. The zero-order chi connectivity index (χ0) is 25.7. The number of unbranched alkanes of at least 4 members (excludes halogenated alkanes) is 8. The van der Waals surface area contributed by atoms with Crippen molar-refractivity contribution < 1.29 is 14.4 Å². The van der Waals surface area contributed by atoms with Crippen molar-refractivity contribution in [3.8, 4) is 0 Å². The molecule has 1 N–H and O–H groups in total. The van der Waals surface area contributed by atoms with Crippen LogP contribution in [0.15, 0.2) is 24.4 Å². The molecule has 1 heterocycles. The van der Waals surface area contributed by atoms with Gasteiger partial charge in [0.1, 0.15) is 0 Å². The van der Waals surface area contributed by atoms with E-state index in [0.717, 1.165) is 65.1 Å². The highest BCUT2D eigenvalue weighted by atomic mass is 16.2. The average Bonchev–Trinajstić information content (AvgIpc) is 2.85. The first-order valence-electron chi connectivity index (χ1n) is 12.3. The van der Waals surface area contributed by atoms with E-state index in [9.17, 15) is 28.8 Å².